The number of para-hydroxylation sites is 1. The van der Waals surface area contributed by atoms with Gasteiger partial charge in [0.05, 0.1) is 4.92 Å². The first-order valence-electron chi connectivity index (χ1n) is 5.41. The van der Waals surface area contributed by atoms with E-state index in [-0.39, 0.29) is 16.0 Å². The van der Waals surface area contributed by atoms with Crippen LogP contribution in [-0.2, 0) is 5.41 Å². The van der Waals surface area contributed by atoms with Crippen molar-refractivity contribution in [3.8, 4) is 0 Å². The summed E-state index contributed by atoms with van der Waals surface area (Å²) in [6.07, 6.45) is 1.86. The van der Waals surface area contributed by atoms with E-state index in [0.717, 1.165) is 18.4 Å². The first kappa shape index (κ1) is 11.1. The monoisotopic (exact) mass is 220 g/mol. The Hall–Kier alpha value is -1.42. The highest BCUT2D eigenvalue weighted by Gasteiger charge is 2.56. The molecule has 86 valence electrons. The van der Waals surface area contributed by atoms with Gasteiger partial charge >= 0.3 is 0 Å². The van der Waals surface area contributed by atoms with Crippen molar-refractivity contribution in [3.05, 3.63) is 39.9 Å². The zero-order valence-electron chi connectivity index (χ0n) is 9.56. The summed E-state index contributed by atoms with van der Waals surface area (Å²) in [7, 11) is 0. The summed E-state index contributed by atoms with van der Waals surface area (Å²) in [4.78, 5) is 10.7. The van der Waals surface area contributed by atoms with Gasteiger partial charge in [0.2, 0.25) is 0 Å². The third-order valence-corrected chi connectivity index (χ3v) is 3.60. The Morgan fingerprint density at radius 1 is 1.38 bits per heavy atom. The van der Waals surface area contributed by atoms with Crippen molar-refractivity contribution in [2.45, 2.75) is 37.6 Å². The van der Waals surface area contributed by atoms with Gasteiger partial charge in [-0.3, -0.25) is 10.1 Å². The molecule has 0 amide bonds. The number of rotatable bonds is 3. The molecule has 0 unspecified atom stereocenters. The predicted octanol–water partition coefficient (Wildman–Crippen LogP) is 2.36. The van der Waals surface area contributed by atoms with E-state index < -0.39 is 5.54 Å². The lowest BCUT2D eigenvalue weighted by molar-refractivity contribution is -0.386. The third kappa shape index (κ3) is 1.50. The Bertz CT molecular complexity index is 431. The van der Waals surface area contributed by atoms with Crippen LogP contribution in [0.1, 0.15) is 32.3 Å². The number of hydrogen-bond donors (Lipinski definition) is 1. The fraction of sp³-hybridized carbons (Fsp3) is 0.500. The van der Waals surface area contributed by atoms with Gasteiger partial charge in [0.15, 0.2) is 0 Å². The molecule has 0 saturated heterocycles. The van der Waals surface area contributed by atoms with Crippen LogP contribution in [0.15, 0.2) is 24.3 Å². The first-order valence-corrected chi connectivity index (χ1v) is 5.41. The molecule has 0 aromatic heterocycles. The average Bonchev–Trinajstić information content (AvgIpc) is 2.97. The maximum Gasteiger partial charge on any atom is 0.273 e. The van der Waals surface area contributed by atoms with Gasteiger partial charge < -0.3 is 5.73 Å². The lowest BCUT2D eigenvalue weighted by Crippen LogP contribution is -2.45. The van der Waals surface area contributed by atoms with Gasteiger partial charge in [0.25, 0.3) is 5.69 Å². The molecule has 0 bridgehead atoms. The Labute approximate surface area is 94.6 Å². The zero-order valence-corrected chi connectivity index (χ0v) is 9.56. The van der Waals surface area contributed by atoms with Crippen LogP contribution >= 0.6 is 0 Å². The van der Waals surface area contributed by atoms with Gasteiger partial charge in [-0.15, -0.1) is 0 Å². The van der Waals surface area contributed by atoms with Crippen LogP contribution in [0.25, 0.3) is 0 Å². The smallest absolute Gasteiger partial charge is 0.273 e. The Morgan fingerprint density at radius 2 is 1.94 bits per heavy atom. The molecule has 2 N–H and O–H groups in total. The molecule has 1 saturated carbocycles. The van der Waals surface area contributed by atoms with Gasteiger partial charge in [-0.25, -0.2) is 0 Å². The fourth-order valence-corrected chi connectivity index (χ4v) is 2.42. The number of nitro benzene ring substituents is 1. The van der Waals surface area contributed by atoms with Crippen LogP contribution in [0.2, 0.25) is 0 Å². The number of nitrogens with zero attached hydrogens (tertiary/aromatic N) is 1. The highest BCUT2D eigenvalue weighted by atomic mass is 16.6. The summed E-state index contributed by atoms with van der Waals surface area (Å²) < 4.78 is 0. The molecule has 1 aromatic carbocycles. The summed E-state index contributed by atoms with van der Waals surface area (Å²) in [5.41, 5.74) is 6.50. The van der Waals surface area contributed by atoms with Gasteiger partial charge in [-0.2, -0.15) is 0 Å². The van der Waals surface area contributed by atoms with Crippen LogP contribution in [0.4, 0.5) is 5.69 Å². The van der Waals surface area contributed by atoms with Crippen LogP contribution < -0.4 is 5.73 Å². The van der Waals surface area contributed by atoms with Gasteiger partial charge in [-0.05, 0) is 26.7 Å². The molecule has 2 rings (SSSR count). The van der Waals surface area contributed by atoms with Crippen molar-refractivity contribution in [3.63, 3.8) is 0 Å². The van der Waals surface area contributed by atoms with Crippen molar-refractivity contribution in [1.82, 2.24) is 0 Å². The summed E-state index contributed by atoms with van der Waals surface area (Å²) >= 11 is 0. The van der Waals surface area contributed by atoms with Crippen LogP contribution in [0, 0.1) is 10.1 Å². The topological polar surface area (TPSA) is 69.2 Å². The summed E-state index contributed by atoms with van der Waals surface area (Å²) in [6, 6.07) is 6.93. The second-order valence-corrected chi connectivity index (χ2v) is 5.08. The van der Waals surface area contributed by atoms with E-state index >= 15 is 0 Å². The second kappa shape index (κ2) is 3.28. The van der Waals surface area contributed by atoms with Crippen molar-refractivity contribution in [2.75, 3.05) is 0 Å². The Balaban J connectivity index is 2.53. The molecule has 0 radical (unpaired) electrons. The van der Waals surface area contributed by atoms with Gasteiger partial charge in [0, 0.05) is 22.6 Å². The molecule has 0 spiro atoms. The fourth-order valence-electron chi connectivity index (χ4n) is 2.42. The van der Waals surface area contributed by atoms with Gasteiger partial charge in [-0.1, -0.05) is 18.2 Å². The average molecular weight is 220 g/mol. The molecular formula is C12H16N2O2. The SMILES string of the molecule is CC(C)(N)C1(c2ccccc2[N+](=O)[O-])CC1. The molecule has 0 aliphatic heterocycles. The molecule has 4 nitrogen and oxygen atoms in total. The maximum absolute atomic E-state index is 11.0. The molecule has 1 fully saturated rings. The first-order chi connectivity index (χ1) is 7.38. The molecule has 16 heavy (non-hydrogen) atoms. The molecule has 1 aliphatic carbocycles. The molecule has 1 aliphatic rings. The number of nitro groups is 1. The lowest BCUT2D eigenvalue weighted by atomic mass is 9.78. The summed E-state index contributed by atoms with van der Waals surface area (Å²) in [5, 5.41) is 11.0. The van der Waals surface area contributed by atoms with E-state index in [1.807, 2.05) is 26.0 Å². The largest absolute Gasteiger partial charge is 0.325 e. The molecule has 0 heterocycles. The van der Waals surface area contributed by atoms with Crippen molar-refractivity contribution < 1.29 is 4.92 Å². The van der Waals surface area contributed by atoms with E-state index in [0.29, 0.717) is 0 Å². The third-order valence-electron chi connectivity index (χ3n) is 3.60. The lowest BCUT2D eigenvalue weighted by Gasteiger charge is -2.30. The minimum absolute atomic E-state index is 0.193. The van der Waals surface area contributed by atoms with E-state index in [9.17, 15) is 10.1 Å². The van der Waals surface area contributed by atoms with E-state index in [1.54, 1.807) is 12.1 Å². The minimum Gasteiger partial charge on any atom is -0.325 e. The van der Waals surface area contributed by atoms with Crippen molar-refractivity contribution in [2.24, 2.45) is 5.73 Å². The van der Waals surface area contributed by atoms with Gasteiger partial charge in [0.1, 0.15) is 0 Å². The highest BCUT2D eigenvalue weighted by molar-refractivity contribution is 5.50. The van der Waals surface area contributed by atoms with E-state index in [4.69, 9.17) is 5.73 Å². The van der Waals surface area contributed by atoms with E-state index in [1.165, 1.54) is 0 Å². The minimum atomic E-state index is -0.418. The standard InChI is InChI=1S/C12H16N2O2/c1-11(2,13)12(7-8-12)9-5-3-4-6-10(9)14(15)16/h3-6H,7-8,13H2,1-2H3. The summed E-state index contributed by atoms with van der Waals surface area (Å²) in [6.45, 7) is 3.88. The van der Waals surface area contributed by atoms with Crippen molar-refractivity contribution in [1.29, 1.82) is 0 Å². The number of benzene rings is 1. The zero-order chi connectivity index (χ0) is 12.0. The Kier molecular flexibility index (Phi) is 2.27. The van der Waals surface area contributed by atoms with Crippen LogP contribution in [0.3, 0.4) is 0 Å². The molecule has 1 aromatic rings. The number of hydrogen-bond acceptors (Lipinski definition) is 3. The quantitative estimate of drug-likeness (QED) is 0.628. The van der Waals surface area contributed by atoms with Crippen LogP contribution in [0.5, 0.6) is 0 Å². The highest BCUT2D eigenvalue weighted by Crippen LogP contribution is 2.56. The van der Waals surface area contributed by atoms with Crippen LogP contribution in [-0.4, -0.2) is 10.5 Å². The molecule has 0 atom stereocenters. The second-order valence-electron chi connectivity index (χ2n) is 5.08. The maximum atomic E-state index is 11.0. The normalized spacial score (nSPS) is 18.2. The molecular weight excluding hydrogens is 204 g/mol. The van der Waals surface area contributed by atoms with E-state index in [2.05, 4.69) is 0 Å². The molecule has 4 heteroatoms. The van der Waals surface area contributed by atoms with Crippen molar-refractivity contribution >= 4 is 5.69 Å². The number of nitrogens with two attached hydrogens (primary N) is 1. The predicted molar refractivity (Wildman–Crippen MR) is 62.3 cm³/mol. The summed E-state index contributed by atoms with van der Waals surface area (Å²) in [5.74, 6) is 0. The Morgan fingerprint density at radius 3 is 2.38 bits per heavy atom.